The summed E-state index contributed by atoms with van der Waals surface area (Å²) in [5, 5.41) is 17.5. The van der Waals surface area contributed by atoms with Crippen molar-refractivity contribution in [2.75, 3.05) is 6.26 Å². The number of nitriles is 1. The van der Waals surface area contributed by atoms with Crippen LogP contribution >= 0.6 is 23.4 Å². The van der Waals surface area contributed by atoms with E-state index < -0.39 is 5.56 Å². The van der Waals surface area contributed by atoms with E-state index in [9.17, 15) is 10.1 Å². The second kappa shape index (κ2) is 5.24. The number of nitrogens with zero attached hydrogens (tertiary/aromatic N) is 3. The molecule has 0 aliphatic carbocycles. The second-order valence-corrected chi connectivity index (χ2v) is 5.35. The lowest BCUT2D eigenvalue weighted by molar-refractivity contribution is 0.938. The first kappa shape index (κ1) is 13.7. The molecule has 0 unspecified atom stereocenters. The van der Waals surface area contributed by atoms with Crippen molar-refractivity contribution in [3.63, 3.8) is 0 Å². The molecule has 0 spiro atoms. The molecule has 0 aliphatic rings. The molecule has 2 N–H and O–H groups in total. The number of thioether (sulfide) groups is 1. The maximum Gasteiger partial charge on any atom is 0.270 e. The van der Waals surface area contributed by atoms with Gasteiger partial charge in [0.25, 0.3) is 5.56 Å². The minimum atomic E-state index is -0.453. The fourth-order valence-corrected chi connectivity index (χ4v) is 2.56. The Morgan fingerprint density at radius 1 is 1.43 bits per heavy atom. The fraction of sp³-hybridized carbons (Fsp3) is 0.0769. The number of rotatable bonds is 2. The Bertz CT molecular complexity index is 940. The summed E-state index contributed by atoms with van der Waals surface area (Å²) in [5.41, 5.74) is 1.21. The molecule has 21 heavy (non-hydrogen) atoms. The van der Waals surface area contributed by atoms with Crippen LogP contribution in [0.2, 0.25) is 5.15 Å². The van der Waals surface area contributed by atoms with Crippen LogP contribution in [-0.2, 0) is 0 Å². The first-order valence-corrected chi connectivity index (χ1v) is 7.46. The highest BCUT2D eigenvalue weighted by atomic mass is 35.5. The number of hydrogen-bond acceptors (Lipinski definition) is 5. The van der Waals surface area contributed by atoms with Crippen molar-refractivity contribution in [2.24, 2.45) is 0 Å². The molecule has 3 aromatic rings. The molecule has 0 bridgehead atoms. The molecule has 0 atom stereocenters. The van der Waals surface area contributed by atoms with Crippen LogP contribution in [0.5, 0.6) is 0 Å². The molecular weight excluding hydrogens is 310 g/mol. The summed E-state index contributed by atoms with van der Waals surface area (Å²) in [6.45, 7) is 0. The summed E-state index contributed by atoms with van der Waals surface area (Å²) < 4.78 is 0. The molecular formula is C13H8ClN5OS. The van der Waals surface area contributed by atoms with Gasteiger partial charge in [-0.1, -0.05) is 29.4 Å². The van der Waals surface area contributed by atoms with Crippen LogP contribution in [0.25, 0.3) is 22.2 Å². The lowest BCUT2D eigenvalue weighted by Gasteiger charge is -2.05. The van der Waals surface area contributed by atoms with Gasteiger partial charge >= 0.3 is 0 Å². The number of benzene rings is 1. The highest BCUT2D eigenvalue weighted by Gasteiger charge is 2.14. The van der Waals surface area contributed by atoms with Crippen LogP contribution in [0.1, 0.15) is 5.56 Å². The Kier molecular flexibility index (Phi) is 3.41. The number of halogens is 1. The second-order valence-electron chi connectivity index (χ2n) is 4.18. The quantitative estimate of drug-likeness (QED) is 0.559. The molecule has 6 nitrogen and oxygen atoms in total. The monoisotopic (exact) mass is 317 g/mol. The highest BCUT2D eigenvalue weighted by molar-refractivity contribution is 7.98. The summed E-state index contributed by atoms with van der Waals surface area (Å²) >= 11 is 7.32. The Balaban J connectivity index is 2.31. The average Bonchev–Trinajstić information content (AvgIpc) is 2.87. The van der Waals surface area contributed by atoms with Gasteiger partial charge in [0.2, 0.25) is 0 Å². The van der Waals surface area contributed by atoms with E-state index in [0.717, 1.165) is 0 Å². The van der Waals surface area contributed by atoms with E-state index in [1.54, 1.807) is 24.5 Å². The summed E-state index contributed by atoms with van der Waals surface area (Å²) in [6, 6.07) is 7.17. The van der Waals surface area contributed by atoms with E-state index in [4.69, 9.17) is 11.6 Å². The van der Waals surface area contributed by atoms with Crippen LogP contribution in [0, 0.1) is 11.3 Å². The average molecular weight is 318 g/mol. The van der Waals surface area contributed by atoms with Crippen molar-refractivity contribution in [3.05, 3.63) is 39.3 Å². The summed E-state index contributed by atoms with van der Waals surface area (Å²) in [4.78, 5) is 18.8. The SMILES string of the molecule is CSc1nc(-c2ccc3n[nH]c(Cl)c3c2)c(C#N)c(=O)[nH]1. The van der Waals surface area contributed by atoms with Crippen LogP contribution in [0.15, 0.2) is 28.2 Å². The third-order valence-electron chi connectivity index (χ3n) is 2.98. The lowest BCUT2D eigenvalue weighted by atomic mass is 10.1. The Hall–Kier alpha value is -2.30. The maximum atomic E-state index is 11.9. The Morgan fingerprint density at radius 2 is 2.24 bits per heavy atom. The van der Waals surface area contributed by atoms with Gasteiger partial charge in [0, 0.05) is 10.9 Å². The largest absolute Gasteiger partial charge is 0.300 e. The third-order valence-corrected chi connectivity index (χ3v) is 3.85. The molecule has 0 radical (unpaired) electrons. The van der Waals surface area contributed by atoms with Crippen molar-refractivity contribution in [1.29, 1.82) is 5.26 Å². The summed E-state index contributed by atoms with van der Waals surface area (Å²) in [7, 11) is 0. The highest BCUT2D eigenvalue weighted by Crippen LogP contribution is 2.27. The van der Waals surface area contributed by atoms with Crippen molar-refractivity contribution in [2.45, 2.75) is 5.16 Å². The van der Waals surface area contributed by atoms with Gasteiger partial charge in [-0.2, -0.15) is 10.4 Å². The Morgan fingerprint density at radius 3 is 2.95 bits per heavy atom. The summed E-state index contributed by atoms with van der Waals surface area (Å²) in [5.74, 6) is 0. The standard InChI is InChI=1S/C13H8ClN5OS/c1-21-13-16-10(8(5-15)12(20)17-13)6-2-3-9-7(4-6)11(14)19-18-9/h2-4H,1H3,(H,18,19)(H,16,17,20). The van der Waals surface area contributed by atoms with Gasteiger partial charge in [-0.25, -0.2) is 4.98 Å². The molecule has 2 aromatic heterocycles. The number of H-pyrrole nitrogens is 2. The minimum Gasteiger partial charge on any atom is -0.300 e. The van der Waals surface area contributed by atoms with Crippen LogP contribution < -0.4 is 5.56 Å². The molecule has 1 aromatic carbocycles. The lowest BCUT2D eigenvalue weighted by Crippen LogP contribution is -2.14. The number of hydrogen-bond donors (Lipinski definition) is 2. The van der Waals surface area contributed by atoms with Crippen molar-refractivity contribution in [3.8, 4) is 17.3 Å². The normalized spacial score (nSPS) is 10.7. The molecule has 0 fully saturated rings. The molecule has 0 amide bonds. The van der Waals surface area contributed by atoms with E-state index in [1.165, 1.54) is 11.8 Å². The summed E-state index contributed by atoms with van der Waals surface area (Å²) in [6.07, 6.45) is 1.80. The zero-order valence-corrected chi connectivity index (χ0v) is 12.3. The van der Waals surface area contributed by atoms with Gasteiger partial charge in [0.15, 0.2) is 5.16 Å². The first-order chi connectivity index (χ1) is 10.1. The predicted molar refractivity (Wildman–Crippen MR) is 81.5 cm³/mol. The molecule has 0 aliphatic heterocycles. The maximum absolute atomic E-state index is 11.9. The molecule has 3 rings (SSSR count). The van der Waals surface area contributed by atoms with Gasteiger partial charge in [0.05, 0.1) is 11.2 Å². The van der Waals surface area contributed by atoms with E-state index in [-0.39, 0.29) is 5.56 Å². The van der Waals surface area contributed by atoms with Gasteiger partial charge in [-0.3, -0.25) is 9.89 Å². The fourth-order valence-electron chi connectivity index (χ4n) is 1.99. The number of aromatic nitrogens is 4. The number of nitrogens with one attached hydrogen (secondary N) is 2. The van der Waals surface area contributed by atoms with Gasteiger partial charge < -0.3 is 4.98 Å². The number of fused-ring (bicyclic) bond motifs is 1. The van der Waals surface area contributed by atoms with E-state index >= 15 is 0 Å². The van der Waals surface area contributed by atoms with Gasteiger partial charge in [-0.05, 0) is 18.4 Å². The molecule has 104 valence electrons. The molecule has 0 saturated heterocycles. The molecule has 8 heteroatoms. The topological polar surface area (TPSA) is 98.2 Å². The van der Waals surface area contributed by atoms with Crippen molar-refractivity contribution in [1.82, 2.24) is 20.2 Å². The van der Waals surface area contributed by atoms with Crippen molar-refractivity contribution < 1.29 is 0 Å². The van der Waals surface area contributed by atoms with Crippen LogP contribution in [0.3, 0.4) is 0 Å². The van der Waals surface area contributed by atoms with E-state index in [2.05, 4.69) is 20.2 Å². The zero-order valence-electron chi connectivity index (χ0n) is 10.8. The smallest absolute Gasteiger partial charge is 0.270 e. The van der Waals surface area contributed by atoms with E-state index in [0.29, 0.717) is 32.5 Å². The minimum absolute atomic E-state index is 0.0215. The van der Waals surface area contributed by atoms with E-state index in [1.807, 2.05) is 6.07 Å². The zero-order chi connectivity index (χ0) is 15.0. The number of aromatic amines is 2. The van der Waals surface area contributed by atoms with Crippen molar-refractivity contribution >= 4 is 34.3 Å². The Labute approximate surface area is 128 Å². The predicted octanol–water partition coefficient (Wildman–Crippen LogP) is 2.56. The van der Waals surface area contributed by atoms with Gasteiger partial charge in [0.1, 0.15) is 16.8 Å². The first-order valence-electron chi connectivity index (χ1n) is 5.86. The molecule has 0 saturated carbocycles. The van der Waals surface area contributed by atoms with Crippen LogP contribution in [-0.4, -0.2) is 26.4 Å². The molecule has 2 heterocycles. The third kappa shape index (κ3) is 2.28. The van der Waals surface area contributed by atoms with Crippen LogP contribution in [0.4, 0.5) is 0 Å². The van der Waals surface area contributed by atoms with Gasteiger partial charge in [-0.15, -0.1) is 0 Å².